The van der Waals surface area contributed by atoms with Gasteiger partial charge in [0.05, 0.1) is 30.1 Å². The van der Waals surface area contributed by atoms with Gasteiger partial charge in [-0.05, 0) is 24.3 Å². The number of hydrogen-bond donors (Lipinski definition) is 0. The van der Waals surface area contributed by atoms with Crippen molar-refractivity contribution in [3.05, 3.63) is 66.3 Å². The van der Waals surface area contributed by atoms with Gasteiger partial charge in [0, 0.05) is 16.8 Å². The third-order valence-electron chi connectivity index (χ3n) is 2.70. The van der Waals surface area contributed by atoms with Gasteiger partial charge in [-0.2, -0.15) is 0 Å². The van der Waals surface area contributed by atoms with E-state index >= 15 is 0 Å². The van der Waals surface area contributed by atoms with E-state index in [1.54, 1.807) is 18.7 Å². The van der Waals surface area contributed by atoms with Crippen molar-refractivity contribution in [2.45, 2.75) is 0 Å². The fourth-order valence-corrected chi connectivity index (χ4v) is 1.96. The average molecular weight is 256 g/mol. The van der Waals surface area contributed by atoms with Crippen LogP contribution in [0.1, 0.15) is 0 Å². The van der Waals surface area contributed by atoms with E-state index in [0.717, 1.165) is 22.0 Å². The summed E-state index contributed by atoms with van der Waals surface area (Å²) in [6, 6.07) is 11.6. The Morgan fingerprint density at radius 3 is 2.50 bits per heavy atom. The number of rotatable bonds is 2. The summed E-state index contributed by atoms with van der Waals surface area (Å²) in [5.41, 5.74) is 3.07. The highest BCUT2D eigenvalue weighted by Crippen LogP contribution is 2.23. The number of benzene rings is 1. The van der Waals surface area contributed by atoms with Crippen LogP contribution in [0.5, 0.6) is 0 Å². The van der Waals surface area contributed by atoms with Crippen LogP contribution in [-0.2, 0) is 0 Å². The first-order valence-electron chi connectivity index (χ1n) is 5.53. The highest BCUT2D eigenvalue weighted by Gasteiger charge is 2.06. The van der Waals surface area contributed by atoms with Crippen molar-refractivity contribution in [1.82, 2.24) is 14.5 Å². The monoisotopic (exact) mass is 255 g/mol. The van der Waals surface area contributed by atoms with Gasteiger partial charge in [0.25, 0.3) is 0 Å². The largest absolute Gasteiger partial charge is 0.297 e. The van der Waals surface area contributed by atoms with Crippen molar-refractivity contribution in [3.8, 4) is 16.9 Å². The second kappa shape index (κ2) is 4.63. The molecular weight excluding hydrogens is 246 g/mol. The standard InChI is InChI=1S/C14H10ClN3/c15-12-5-3-11(4-6-12)14-9-17-10-18(14)13-2-1-7-16-8-13/h1-10H. The Balaban J connectivity index is 2.10. The number of halogens is 1. The molecule has 0 unspecified atom stereocenters. The second-order valence-corrected chi connectivity index (χ2v) is 4.30. The minimum Gasteiger partial charge on any atom is -0.297 e. The fraction of sp³-hybridized carbons (Fsp3) is 0. The Morgan fingerprint density at radius 1 is 0.944 bits per heavy atom. The lowest BCUT2D eigenvalue weighted by molar-refractivity contribution is 1.04. The smallest absolute Gasteiger partial charge is 0.0997 e. The molecule has 0 spiro atoms. The Labute approximate surface area is 110 Å². The molecule has 0 radical (unpaired) electrons. The SMILES string of the molecule is Clc1ccc(-c2cncn2-c2cccnc2)cc1. The molecular formula is C14H10ClN3. The molecule has 3 rings (SSSR count). The number of nitrogens with zero attached hydrogens (tertiary/aromatic N) is 3. The molecule has 0 aliphatic rings. The first-order valence-corrected chi connectivity index (χ1v) is 5.91. The van der Waals surface area contributed by atoms with Crippen LogP contribution in [0.15, 0.2) is 61.3 Å². The Hall–Kier alpha value is -2.13. The molecule has 4 heteroatoms. The maximum atomic E-state index is 5.90. The van der Waals surface area contributed by atoms with Crippen LogP contribution in [-0.4, -0.2) is 14.5 Å². The van der Waals surface area contributed by atoms with Crippen LogP contribution in [0.3, 0.4) is 0 Å². The maximum Gasteiger partial charge on any atom is 0.0997 e. The van der Waals surface area contributed by atoms with Crippen molar-refractivity contribution in [2.75, 3.05) is 0 Å². The van der Waals surface area contributed by atoms with E-state index in [2.05, 4.69) is 9.97 Å². The van der Waals surface area contributed by atoms with Crippen LogP contribution < -0.4 is 0 Å². The molecule has 3 aromatic rings. The van der Waals surface area contributed by atoms with Gasteiger partial charge in [-0.25, -0.2) is 4.98 Å². The quantitative estimate of drug-likeness (QED) is 0.701. The summed E-state index contributed by atoms with van der Waals surface area (Å²) >= 11 is 5.90. The van der Waals surface area contributed by atoms with Gasteiger partial charge in [-0.15, -0.1) is 0 Å². The molecule has 1 aromatic carbocycles. The van der Waals surface area contributed by atoms with Crippen molar-refractivity contribution >= 4 is 11.6 Å². The van der Waals surface area contributed by atoms with E-state index in [1.165, 1.54) is 0 Å². The van der Waals surface area contributed by atoms with E-state index in [4.69, 9.17) is 11.6 Å². The van der Waals surface area contributed by atoms with E-state index < -0.39 is 0 Å². The Bertz CT molecular complexity index is 644. The van der Waals surface area contributed by atoms with Crippen LogP contribution in [0.2, 0.25) is 5.02 Å². The van der Waals surface area contributed by atoms with Crippen molar-refractivity contribution < 1.29 is 0 Å². The summed E-state index contributed by atoms with van der Waals surface area (Å²) in [6.45, 7) is 0. The molecule has 0 fully saturated rings. The van der Waals surface area contributed by atoms with Gasteiger partial charge in [-0.1, -0.05) is 23.7 Å². The molecule has 0 aliphatic heterocycles. The van der Waals surface area contributed by atoms with Crippen LogP contribution in [0, 0.1) is 0 Å². The first-order chi connectivity index (χ1) is 8.84. The van der Waals surface area contributed by atoms with Gasteiger partial charge in [0.1, 0.15) is 0 Å². The minimum absolute atomic E-state index is 0.728. The molecule has 0 bridgehead atoms. The number of aromatic nitrogens is 3. The third-order valence-corrected chi connectivity index (χ3v) is 2.95. The van der Waals surface area contributed by atoms with E-state index in [0.29, 0.717) is 0 Å². The molecule has 0 amide bonds. The van der Waals surface area contributed by atoms with Crippen LogP contribution in [0.4, 0.5) is 0 Å². The molecule has 0 aliphatic carbocycles. The molecule has 0 saturated heterocycles. The fourth-order valence-electron chi connectivity index (χ4n) is 1.83. The summed E-state index contributed by atoms with van der Waals surface area (Å²) in [4.78, 5) is 8.32. The van der Waals surface area contributed by atoms with E-state index in [1.807, 2.05) is 47.2 Å². The lowest BCUT2D eigenvalue weighted by Crippen LogP contribution is -1.95. The van der Waals surface area contributed by atoms with Crippen LogP contribution in [0.25, 0.3) is 16.9 Å². The zero-order valence-corrected chi connectivity index (χ0v) is 10.2. The predicted octanol–water partition coefficient (Wildman–Crippen LogP) is 3.59. The minimum atomic E-state index is 0.728. The van der Waals surface area contributed by atoms with Crippen molar-refractivity contribution in [1.29, 1.82) is 0 Å². The number of hydrogen-bond acceptors (Lipinski definition) is 2. The van der Waals surface area contributed by atoms with Gasteiger partial charge >= 0.3 is 0 Å². The molecule has 0 atom stereocenters. The zero-order chi connectivity index (χ0) is 12.4. The zero-order valence-electron chi connectivity index (χ0n) is 9.49. The summed E-state index contributed by atoms with van der Waals surface area (Å²) in [6.07, 6.45) is 7.17. The van der Waals surface area contributed by atoms with E-state index in [9.17, 15) is 0 Å². The molecule has 3 nitrogen and oxygen atoms in total. The van der Waals surface area contributed by atoms with Gasteiger partial charge in [0.15, 0.2) is 0 Å². The van der Waals surface area contributed by atoms with Gasteiger partial charge in [-0.3, -0.25) is 9.55 Å². The topological polar surface area (TPSA) is 30.7 Å². The number of pyridine rings is 1. The van der Waals surface area contributed by atoms with Gasteiger partial charge < -0.3 is 0 Å². The maximum absolute atomic E-state index is 5.90. The van der Waals surface area contributed by atoms with E-state index in [-0.39, 0.29) is 0 Å². The Morgan fingerprint density at radius 2 is 1.78 bits per heavy atom. The number of imidazole rings is 1. The molecule has 88 valence electrons. The molecule has 2 heterocycles. The summed E-state index contributed by atoms with van der Waals surface area (Å²) in [5.74, 6) is 0. The summed E-state index contributed by atoms with van der Waals surface area (Å²) < 4.78 is 2.00. The molecule has 0 saturated carbocycles. The third kappa shape index (κ3) is 2.00. The summed E-state index contributed by atoms with van der Waals surface area (Å²) in [7, 11) is 0. The molecule has 18 heavy (non-hydrogen) atoms. The van der Waals surface area contributed by atoms with Crippen molar-refractivity contribution in [3.63, 3.8) is 0 Å². The van der Waals surface area contributed by atoms with Crippen molar-refractivity contribution in [2.24, 2.45) is 0 Å². The average Bonchev–Trinajstić information content (AvgIpc) is 2.90. The first kappa shape index (κ1) is 11.0. The highest BCUT2D eigenvalue weighted by molar-refractivity contribution is 6.30. The molecule has 0 N–H and O–H groups in total. The lowest BCUT2D eigenvalue weighted by atomic mass is 10.1. The lowest BCUT2D eigenvalue weighted by Gasteiger charge is -2.07. The molecule has 2 aromatic heterocycles. The highest BCUT2D eigenvalue weighted by atomic mass is 35.5. The normalized spacial score (nSPS) is 10.5. The summed E-state index contributed by atoms with van der Waals surface area (Å²) in [5, 5.41) is 0.728. The Kier molecular flexibility index (Phi) is 2.82. The second-order valence-electron chi connectivity index (χ2n) is 3.87. The predicted molar refractivity (Wildman–Crippen MR) is 71.8 cm³/mol. The van der Waals surface area contributed by atoms with Crippen LogP contribution >= 0.6 is 11.6 Å². The van der Waals surface area contributed by atoms with Gasteiger partial charge in [0.2, 0.25) is 0 Å².